The lowest BCUT2D eigenvalue weighted by atomic mass is 10.1. The topological polar surface area (TPSA) is 57.5 Å². The summed E-state index contributed by atoms with van der Waals surface area (Å²) >= 11 is 0. The number of amides is 2. The Morgan fingerprint density at radius 1 is 1.29 bits per heavy atom. The first kappa shape index (κ1) is 16.4. The van der Waals surface area contributed by atoms with Crippen LogP contribution in [0.2, 0.25) is 0 Å². The van der Waals surface area contributed by atoms with Crippen molar-refractivity contribution in [3.05, 3.63) is 53.0 Å². The van der Waals surface area contributed by atoms with E-state index in [2.05, 4.69) is 46.7 Å². The second-order valence-electron chi connectivity index (χ2n) is 6.42. The third-order valence-electron chi connectivity index (χ3n) is 4.57. The van der Waals surface area contributed by atoms with Gasteiger partial charge in [-0.1, -0.05) is 18.2 Å². The van der Waals surface area contributed by atoms with Gasteiger partial charge in [-0.15, -0.1) is 0 Å². The van der Waals surface area contributed by atoms with Crippen molar-refractivity contribution in [2.75, 3.05) is 18.0 Å². The number of hydrogen-bond acceptors (Lipinski definition) is 3. The lowest BCUT2D eigenvalue weighted by molar-refractivity contribution is 0.240. The Balaban J connectivity index is 1.45. The summed E-state index contributed by atoms with van der Waals surface area (Å²) in [6.07, 6.45) is 1.07. The summed E-state index contributed by atoms with van der Waals surface area (Å²) in [6, 6.07) is 10.8. The zero-order valence-corrected chi connectivity index (χ0v) is 14.6. The maximum atomic E-state index is 12.0. The van der Waals surface area contributed by atoms with Crippen LogP contribution in [0.4, 0.5) is 10.5 Å². The minimum absolute atomic E-state index is 0.145. The fourth-order valence-corrected chi connectivity index (χ4v) is 3.36. The van der Waals surface area contributed by atoms with Gasteiger partial charge in [-0.3, -0.25) is 0 Å². The van der Waals surface area contributed by atoms with Crippen molar-refractivity contribution in [2.45, 2.75) is 39.8 Å². The fourth-order valence-electron chi connectivity index (χ4n) is 3.36. The zero-order valence-electron chi connectivity index (χ0n) is 14.6. The molecule has 2 heterocycles. The van der Waals surface area contributed by atoms with Crippen molar-refractivity contribution >= 4 is 11.7 Å². The first-order valence-corrected chi connectivity index (χ1v) is 8.46. The van der Waals surface area contributed by atoms with E-state index in [4.69, 9.17) is 4.42 Å². The molecule has 0 spiro atoms. The van der Waals surface area contributed by atoms with E-state index in [0.717, 1.165) is 30.0 Å². The Morgan fingerprint density at radius 3 is 2.83 bits per heavy atom. The van der Waals surface area contributed by atoms with E-state index in [1.807, 2.05) is 19.9 Å². The van der Waals surface area contributed by atoms with Crippen LogP contribution in [0.3, 0.4) is 0 Å². The van der Waals surface area contributed by atoms with E-state index >= 15 is 0 Å². The molecule has 3 rings (SSSR count). The summed E-state index contributed by atoms with van der Waals surface area (Å²) < 4.78 is 5.46. The largest absolute Gasteiger partial charge is 0.466 e. The highest BCUT2D eigenvalue weighted by molar-refractivity contribution is 5.74. The highest BCUT2D eigenvalue weighted by atomic mass is 16.3. The van der Waals surface area contributed by atoms with Crippen LogP contribution >= 0.6 is 0 Å². The average Bonchev–Trinajstić information content (AvgIpc) is 3.04. The van der Waals surface area contributed by atoms with Crippen molar-refractivity contribution in [1.82, 2.24) is 10.6 Å². The zero-order chi connectivity index (χ0) is 17.1. The van der Waals surface area contributed by atoms with Crippen LogP contribution in [0, 0.1) is 13.8 Å². The molecule has 0 saturated heterocycles. The van der Waals surface area contributed by atoms with Crippen molar-refractivity contribution in [3.8, 4) is 0 Å². The number of furan rings is 1. The highest BCUT2D eigenvalue weighted by Crippen LogP contribution is 2.31. The molecular weight excluding hydrogens is 302 g/mol. The first-order chi connectivity index (χ1) is 11.5. The number of para-hydroxylation sites is 1. The summed E-state index contributed by atoms with van der Waals surface area (Å²) in [5.41, 5.74) is 3.70. The van der Waals surface area contributed by atoms with Gasteiger partial charge >= 0.3 is 6.03 Å². The Labute approximate surface area is 143 Å². The number of nitrogens with one attached hydrogen (secondary N) is 2. The van der Waals surface area contributed by atoms with Gasteiger partial charge < -0.3 is 20.0 Å². The first-order valence-electron chi connectivity index (χ1n) is 8.46. The Morgan fingerprint density at radius 2 is 2.08 bits per heavy atom. The van der Waals surface area contributed by atoms with E-state index in [0.29, 0.717) is 19.1 Å². The summed E-state index contributed by atoms with van der Waals surface area (Å²) in [7, 11) is 0. The van der Waals surface area contributed by atoms with Gasteiger partial charge in [0.05, 0.1) is 0 Å². The van der Waals surface area contributed by atoms with Gasteiger partial charge in [-0.05, 0) is 44.9 Å². The molecule has 1 aliphatic heterocycles. The third-order valence-corrected chi connectivity index (χ3v) is 4.57. The van der Waals surface area contributed by atoms with Crippen LogP contribution in [0.5, 0.6) is 0 Å². The molecule has 1 unspecified atom stereocenters. The molecule has 2 aromatic rings. The van der Waals surface area contributed by atoms with Gasteiger partial charge in [-0.2, -0.15) is 0 Å². The van der Waals surface area contributed by atoms with E-state index in [1.54, 1.807) is 0 Å². The van der Waals surface area contributed by atoms with Gasteiger partial charge in [-0.25, -0.2) is 4.79 Å². The van der Waals surface area contributed by atoms with Crippen LogP contribution in [0.25, 0.3) is 0 Å². The molecule has 2 amide bonds. The molecular formula is C19H25N3O2. The maximum Gasteiger partial charge on any atom is 0.315 e. The number of nitrogens with zero attached hydrogens (tertiary/aromatic N) is 1. The molecule has 2 N–H and O–H groups in total. The van der Waals surface area contributed by atoms with Crippen molar-refractivity contribution in [1.29, 1.82) is 0 Å². The number of rotatable bonds is 5. The van der Waals surface area contributed by atoms with E-state index in [1.165, 1.54) is 11.3 Å². The summed E-state index contributed by atoms with van der Waals surface area (Å²) in [5.74, 6) is 1.72. The standard InChI is InChI=1S/C19H25N3O2/c1-13-10-16-6-4-5-7-18(16)22(13)9-8-20-19(23)21-12-17-11-14(2)24-15(17)3/h4-7,11,13H,8-10,12H2,1-3H3,(H2,20,21,23). The molecule has 1 aromatic carbocycles. The average molecular weight is 327 g/mol. The SMILES string of the molecule is Cc1cc(CNC(=O)NCCN2c3ccccc3CC2C)c(C)o1. The smallest absolute Gasteiger partial charge is 0.315 e. The van der Waals surface area contributed by atoms with Crippen molar-refractivity contribution in [3.63, 3.8) is 0 Å². The van der Waals surface area contributed by atoms with Crippen LogP contribution in [0.1, 0.15) is 29.6 Å². The second-order valence-corrected chi connectivity index (χ2v) is 6.42. The number of anilines is 1. The molecule has 0 bridgehead atoms. The normalized spacial score (nSPS) is 16.1. The molecule has 0 saturated carbocycles. The Hall–Kier alpha value is -2.43. The molecule has 1 aromatic heterocycles. The van der Waals surface area contributed by atoms with Crippen molar-refractivity contribution in [2.24, 2.45) is 0 Å². The molecule has 5 heteroatoms. The third kappa shape index (κ3) is 3.55. The Bertz CT molecular complexity index is 723. The van der Waals surface area contributed by atoms with Gasteiger partial charge in [0.25, 0.3) is 0 Å². The highest BCUT2D eigenvalue weighted by Gasteiger charge is 2.24. The molecule has 1 atom stereocenters. The van der Waals surface area contributed by atoms with Crippen molar-refractivity contribution < 1.29 is 9.21 Å². The number of urea groups is 1. The minimum Gasteiger partial charge on any atom is -0.466 e. The minimum atomic E-state index is -0.145. The van der Waals surface area contributed by atoms with Gasteiger partial charge in [0.1, 0.15) is 11.5 Å². The number of benzene rings is 1. The van der Waals surface area contributed by atoms with Crippen LogP contribution in [0.15, 0.2) is 34.7 Å². The number of carbonyl (C=O) groups excluding carboxylic acids is 1. The van der Waals surface area contributed by atoms with E-state index in [9.17, 15) is 4.79 Å². The molecule has 1 aliphatic rings. The molecule has 128 valence electrons. The van der Waals surface area contributed by atoms with Crippen LogP contribution in [-0.4, -0.2) is 25.2 Å². The molecule has 24 heavy (non-hydrogen) atoms. The lowest BCUT2D eigenvalue weighted by Gasteiger charge is -2.25. The fraction of sp³-hybridized carbons (Fsp3) is 0.421. The summed E-state index contributed by atoms with van der Waals surface area (Å²) in [4.78, 5) is 14.3. The Kier molecular flexibility index (Phi) is 4.79. The van der Waals surface area contributed by atoms with Gasteiger partial charge in [0, 0.05) is 36.9 Å². The molecule has 0 aliphatic carbocycles. The van der Waals surface area contributed by atoms with Gasteiger partial charge in [0.2, 0.25) is 0 Å². The summed E-state index contributed by atoms with van der Waals surface area (Å²) in [5, 5.41) is 5.82. The van der Waals surface area contributed by atoms with Crippen LogP contribution < -0.4 is 15.5 Å². The van der Waals surface area contributed by atoms with E-state index in [-0.39, 0.29) is 6.03 Å². The predicted octanol–water partition coefficient (Wildman–Crippen LogP) is 3.15. The van der Waals surface area contributed by atoms with Gasteiger partial charge in [0.15, 0.2) is 0 Å². The second kappa shape index (κ2) is 6.99. The predicted molar refractivity (Wildman–Crippen MR) is 95.4 cm³/mol. The maximum absolute atomic E-state index is 12.0. The number of fused-ring (bicyclic) bond motifs is 1. The summed E-state index contributed by atoms with van der Waals surface area (Å²) in [6.45, 7) is 7.96. The molecule has 0 radical (unpaired) electrons. The quantitative estimate of drug-likeness (QED) is 0.887. The van der Waals surface area contributed by atoms with E-state index < -0.39 is 0 Å². The molecule has 5 nitrogen and oxygen atoms in total. The number of carbonyl (C=O) groups is 1. The van der Waals surface area contributed by atoms with Crippen LogP contribution in [-0.2, 0) is 13.0 Å². The number of hydrogen-bond donors (Lipinski definition) is 2. The lowest BCUT2D eigenvalue weighted by Crippen LogP contribution is -2.41. The number of aryl methyl sites for hydroxylation is 2. The monoisotopic (exact) mass is 327 g/mol. The molecule has 0 fully saturated rings.